The number of methoxy groups -OCH3 is 1. The Balaban J connectivity index is 1.85. The molecule has 0 radical (unpaired) electrons. The zero-order valence-corrected chi connectivity index (χ0v) is 11.8. The first-order valence-electron chi connectivity index (χ1n) is 7.22. The fraction of sp³-hybridized carbons (Fsp3) is 0.438. The van der Waals surface area contributed by atoms with E-state index < -0.39 is 0 Å². The molecule has 1 aliphatic rings. The highest BCUT2D eigenvalue weighted by Gasteiger charge is 2.19. The van der Waals surface area contributed by atoms with Crippen molar-refractivity contribution in [1.29, 1.82) is 0 Å². The molecule has 0 bridgehead atoms. The van der Waals surface area contributed by atoms with Gasteiger partial charge in [0.15, 0.2) is 5.76 Å². The van der Waals surface area contributed by atoms with Gasteiger partial charge in [-0.1, -0.05) is 30.1 Å². The van der Waals surface area contributed by atoms with Crippen LogP contribution in [0.3, 0.4) is 0 Å². The van der Waals surface area contributed by atoms with Gasteiger partial charge < -0.3 is 14.6 Å². The molecule has 0 saturated carbocycles. The lowest BCUT2D eigenvalue weighted by atomic mass is 10.1. The molecular formula is C16H20N2O2. The van der Waals surface area contributed by atoms with Gasteiger partial charge in [0.25, 0.3) is 0 Å². The molecule has 4 heteroatoms. The van der Waals surface area contributed by atoms with Crippen LogP contribution in [0.4, 0.5) is 0 Å². The highest BCUT2D eigenvalue weighted by atomic mass is 16.5. The number of rotatable bonds is 3. The van der Waals surface area contributed by atoms with Crippen molar-refractivity contribution in [2.75, 3.05) is 13.7 Å². The predicted octanol–water partition coefficient (Wildman–Crippen LogP) is 3.55. The molecule has 1 aliphatic heterocycles. The largest absolute Gasteiger partial charge is 0.496 e. The molecule has 0 spiro atoms. The second-order valence-corrected chi connectivity index (χ2v) is 5.17. The van der Waals surface area contributed by atoms with Crippen LogP contribution < -0.4 is 10.1 Å². The van der Waals surface area contributed by atoms with Crippen LogP contribution in [0.25, 0.3) is 11.3 Å². The van der Waals surface area contributed by atoms with Gasteiger partial charge in [0.1, 0.15) is 11.4 Å². The zero-order chi connectivity index (χ0) is 13.8. The predicted molar refractivity (Wildman–Crippen MR) is 77.7 cm³/mol. The van der Waals surface area contributed by atoms with Crippen molar-refractivity contribution in [3.8, 4) is 17.1 Å². The van der Waals surface area contributed by atoms with E-state index in [2.05, 4.69) is 10.5 Å². The Labute approximate surface area is 119 Å². The summed E-state index contributed by atoms with van der Waals surface area (Å²) >= 11 is 0. The fourth-order valence-electron chi connectivity index (χ4n) is 2.71. The van der Waals surface area contributed by atoms with Gasteiger partial charge in [-0.05, 0) is 31.5 Å². The van der Waals surface area contributed by atoms with Gasteiger partial charge in [0.05, 0.1) is 18.7 Å². The van der Waals surface area contributed by atoms with Gasteiger partial charge in [-0.15, -0.1) is 0 Å². The maximum absolute atomic E-state index is 5.52. The Morgan fingerprint density at radius 1 is 1.25 bits per heavy atom. The van der Waals surface area contributed by atoms with Crippen molar-refractivity contribution >= 4 is 0 Å². The molecule has 1 N–H and O–H groups in total. The van der Waals surface area contributed by atoms with Crippen molar-refractivity contribution in [3.05, 3.63) is 36.0 Å². The van der Waals surface area contributed by atoms with E-state index in [4.69, 9.17) is 9.26 Å². The number of ether oxygens (including phenoxy) is 1. The van der Waals surface area contributed by atoms with Crippen molar-refractivity contribution in [2.45, 2.75) is 31.7 Å². The second kappa shape index (κ2) is 6.09. The number of para-hydroxylation sites is 1. The SMILES string of the molecule is COc1ccccc1-c1cc(C2CCCCCN2)no1. The zero-order valence-electron chi connectivity index (χ0n) is 11.8. The monoisotopic (exact) mass is 272 g/mol. The van der Waals surface area contributed by atoms with Crippen molar-refractivity contribution in [3.63, 3.8) is 0 Å². The highest BCUT2D eigenvalue weighted by Crippen LogP contribution is 2.32. The lowest BCUT2D eigenvalue weighted by molar-refractivity contribution is 0.394. The van der Waals surface area contributed by atoms with Crippen molar-refractivity contribution in [2.24, 2.45) is 0 Å². The molecule has 1 fully saturated rings. The highest BCUT2D eigenvalue weighted by molar-refractivity contribution is 5.65. The average molecular weight is 272 g/mol. The average Bonchev–Trinajstić information content (AvgIpc) is 2.82. The molecular weight excluding hydrogens is 252 g/mol. The molecule has 1 unspecified atom stereocenters. The molecule has 0 aliphatic carbocycles. The molecule has 1 atom stereocenters. The second-order valence-electron chi connectivity index (χ2n) is 5.17. The summed E-state index contributed by atoms with van der Waals surface area (Å²) in [5, 5.41) is 7.78. The topological polar surface area (TPSA) is 47.3 Å². The normalized spacial score (nSPS) is 19.6. The van der Waals surface area contributed by atoms with Crippen LogP contribution in [-0.2, 0) is 0 Å². The van der Waals surface area contributed by atoms with E-state index in [-0.39, 0.29) is 0 Å². The number of hydrogen-bond acceptors (Lipinski definition) is 4. The van der Waals surface area contributed by atoms with Gasteiger partial charge >= 0.3 is 0 Å². The number of hydrogen-bond donors (Lipinski definition) is 1. The van der Waals surface area contributed by atoms with E-state index in [1.807, 2.05) is 30.3 Å². The molecule has 1 aromatic heterocycles. The van der Waals surface area contributed by atoms with Crippen LogP contribution in [0.2, 0.25) is 0 Å². The first-order chi connectivity index (χ1) is 9.88. The van der Waals surface area contributed by atoms with Gasteiger partial charge in [-0.25, -0.2) is 0 Å². The summed E-state index contributed by atoms with van der Waals surface area (Å²) in [7, 11) is 1.67. The summed E-state index contributed by atoms with van der Waals surface area (Å²) in [4.78, 5) is 0. The van der Waals surface area contributed by atoms with Crippen LogP contribution in [0.1, 0.15) is 37.4 Å². The van der Waals surface area contributed by atoms with Crippen LogP contribution in [0, 0.1) is 0 Å². The van der Waals surface area contributed by atoms with Crippen LogP contribution in [0.5, 0.6) is 5.75 Å². The fourth-order valence-corrected chi connectivity index (χ4v) is 2.71. The molecule has 1 aromatic carbocycles. The van der Waals surface area contributed by atoms with Crippen molar-refractivity contribution < 1.29 is 9.26 Å². The minimum atomic E-state index is 0.310. The molecule has 0 amide bonds. The molecule has 3 rings (SSSR count). The summed E-state index contributed by atoms with van der Waals surface area (Å²) < 4.78 is 10.9. The lowest BCUT2D eigenvalue weighted by Gasteiger charge is -2.11. The molecule has 2 heterocycles. The minimum Gasteiger partial charge on any atom is -0.496 e. The summed E-state index contributed by atoms with van der Waals surface area (Å²) in [6.45, 7) is 1.06. The Hall–Kier alpha value is -1.81. The van der Waals surface area contributed by atoms with Gasteiger partial charge in [-0.2, -0.15) is 0 Å². The number of benzene rings is 1. The lowest BCUT2D eigenvalue weighted by Crippen LogP contribution is -2.20. The molecule has 106 valence electrons. The Bertz CT molecular complexity index is 557. The van der Waals surface area contributed by atoms with E-state index in [1.165, 1.54) is 19.3 Å². The smallest absolute Gasteiger partial charge is 0.170 e. The standard InChI is InChI=1S/C16H20N2O2/c1-19-15-9-5-4-7-12(15)16-11-14(18-20-16)13-8-3-2-6-10-17-13/h4-5,7,9,11,13,17H,2-3,6,8,10H2,1H3. The van der Waals surface area contributed by atoms with Crippen LogP contribution >= 0.6 is 0 Å². The third-order valence-corrected chi connectivity index (χ3v) is 3.82. The maximum atomic E-state index is 5.52. The van der Waals surface area contributed by atoms with E-state index >= 15 is 0 Å². The molecule has 1 saturated heterocycles. The summed E-state index contributed by atoms with van der Waals surface area (Å²) in [6.07, 6.45) is 4.90. The molecule has 20 heavy (non-hydrogen) atoms. The van der Waals surface area contributed by atoms with Crippen LogP contribution in [0.15, 0.2) is 34.9 Å². The maximum Gasteiger partial charge on any atom is 0.170 e. The number of nitrogens with zero attached hydrogens (tertiary/aromatic N) is 1. The van der Waals surface area contributed by atoms with E-state index in [0.717, 1.165) is 35.7 Å². The number of nitrogens with one attached hydrogen (secondary N) is 1. The number of aromatic nitrogens is 1. The Morgan fingerprint density at radius 2 is 2.15 bits per heavy atom. The third-order valence-electron chi connectivity index (χ3n) is 3.82. The quantitative estimate of drug-likeness (QED) is 0.928. The summed E-state index contributed by atoms with van der Waals surface area (Å²) in [5.41, 5.74) is 1.94. The van der Waals surface area contributed by atoms with Gasteiger partial charge in [-0.3, -0.25) is 0 Å². The van der Waals surface area contributed by atoms with E-state index in [0.29, 0.717) is 6.04 Å². The molecule has 4 nitrogen and oxygen atoms in total. The summed E-state index contributed by atoms with van der Waals surface area (Å²) in [6, 6.07) is 10.2. The first kappa shape index (κ1) is 13.2. The third kappa shape index (κ3) is 2.70. The summed E-state index contributed by atoms with van der Waals surface area (Å²) in [5.74, 6) is 1.58. The van der Waals surface area contributed by atoms with E-state index in [9.17, 15) is 0 Å². The van der Waals surface area contributed by atoms with Crippen molar-refractivity contribution in [1.82, 2.24) is 10.5 Å². The van der Waals surface area contributed by atoms with E-state index in [1.54, 1.807) is 7.11 Å². The first-order valence-corrected chi connectivity index (χ1v) is 7.22. The Kier molecular flexibility index (Phi) is 4.02. The van der Waals surface area contributed by atoms with Gasteiger partial charge in [0.2, 0.25) is 0 Å². The Morgan fingerprint density at radius 3 is 3.05 bits per heavy atom. The van der Waals surface area contributed by atoms with Crippen LogP contribution in [-0.4, -0.2) is 18.8 Å². The van der Waals surface area contributed by atoms with Gasteiger partial charge in [0, 0.05) is 6.07 Å². The molecule has 2 aromatic rings. The minimum absolute atomic E-state index is 0.310.